The van der Waals surface area contributed by atoms with E-state index in [1.807, 2.05) is 12.1 Å². The second kappa shape index (κ2) is 17.2. The van der Waals surface area contributed by atoms with E-state index in [1.54, 1.807) is 23.5 Å². The van der Waals surface area contributed by atoms with Crippen LogP contribution in [0.15, 0.2) is 54.6 Å². The van der Waals surface area contributed by atoms with Crippen LogP contribution in [0.1, 0.15) is 101 Å². The fraction of sp³-hybridized carbons (Fsp3) is 0.400. The molecule has 3 N–H and O–H groups in total. The maximum atomic E-state index is 11.9. The van der Waals surface area contributed by atoms with Crippen molar-refractivity contribution in [3.05, 3.63) is 88.0 Å². The van der Waals surface area contributed by atoms with Gasteiger partial charge in [-0.05, 0) is 70.5 Å². The molecule has 234 valence electrons. The third-order valence-electron chi connectivity index (χ3n) is 7.64. The van der Waals surface area contributed by atoms with E-state index in [1.165, 1.54) is 25.0 Å². The first-order chi connectivity index (χ1) is 21.3. The van der Waals surface area contributed by atoms with Crippen LogP contribution < -0.4 is 4.74 Å². The van der Waals surface area contributed by atoms with Crippen molar-refractivity contribution in [3.8, 4) is 16.9 Å². The molecular weight excluding hydrogens is 597 g/mol. The van der Waals surface area contributed by atoms with Gasteiger partial charge < -0.3 is 20.1 Å². The van der Waals surface area contributed by atoms with Crippen molar-refractivity contribution in [2.24, 2.45) is 0 Å². The number of aliphatic carboxylic acids is 1. The second-order valence-corrected chi connectivity index (χ2v) is 13.1. The molecule has 0 fully saturated rings. The summed E-state index contributed by atoms with van der Waals surface area (Å²) < 4.78 is 5.98. The number of fused-ring (bicyclic) bond motifs is 6. The number of unbranched alkanes of at least 4 members (excludes halogenated alkanes) is 7. The number of rotatable bonds is 15. The third kappa shape index (κ3) is 10.3. The summed E-state index contributed by atoms with van der Waals surface area (Å²) in [4.78, 5) is 34.4. The molecule has 0 spiro atoms. The molecule has 0 saturated heterocycles. The molecule has 0 amide bonds. The summed E-state index contributed by atoms with van der Waals surface area (Å²) in [6, 6.07) is 17.8. The molecule has 0 saturated carbocycles. The van der Waals surface area contributed by atoms with Gasteiger partial charge in [0.2, 0.25) is 0 Å². The number of carboxylic acid groups (broad SMARTS) is 3. The first kappa shape index (κ1) is 33.5. The van der Waals surface area contributed by atoms with Gasteiger partial charge in [-0.25, -0.2) is 9.59 Å². The van der Waals surface area contributed by atoms with Crippen LogP contribution in [0, 0.1) is 0 Å². The fourth-order valence-electron chi connectivity index (χ4n) is 5.35. The van der Waals surface area contributed by atoms with Crippen molar-refractivity contribution < 1.29 is 34.4 Å². The lowest BCUT2D eigenvalue weighted by molar-refractivity contribution is -0.137. The fourth-order valence-corrected chi connectivity index (χ4v) is 7.28. The Morgan fingerprint density at radius 1 is 0.591 bits per heavy atom. The highest BCUT2D eigenvalue weighted by molar-refractivity contribution is 7.98. The number of thioether (sulfide) groups is 2. The quantitative estimate of drug-likeness (QED) is 0.140. The average Bonchev–Trinajstić information content (AvgIpc) is 3.01. The Bertz CT molecular complexity index is 1370. The molecule has 0 radical (unpaired) electrons. The highest BCUT2D eigenvalue weighted by atomic mass is 32.2. The number of aromatic carboxylic acids is 2. The van der Waals surface area contributed by atoms with Crippen molar-refractivity contribution in [3.63, 3.8) is 0 Å². The summed E-state index contributed by atoms with van der Waals surface area (Å²) in [7, 11) is 0. The van der Waals surface area contributed by atoms with Crippen molar-refractivity contribution in [1.82, 2.24) is 0 Å². The van der Waals surface area contributed by atoms with Gasteiger partial charge in [0.1, 0.15) is 5.75 Å². The summed E-state index contributed by atoms with van der Waals surface area (Å²) in [5.74, 6) is 0.257. The van der Waals surface area contributed by atoms with Gasteiger partial charge >= 0.3 is 17.9 Å². The molecule has 0 atom stereocenters. The first-order valence-electron chi connectivity index (χ1n) is 15.2. The zero-order chi connectivity index (χ0) is 31.3. The summed E-state index contributed by atoms with van der Waals surface area (Å²) in [6.07, 6.45) is 8.79. The molecular formula is C35H40O7S2. The Labute approximate surface area is 267 Å². The highest BCUT2D eigenvalue weighted by Crippen LogP contribution is 2.32. The molecule has 5 rings (SSSR count). The lowest BCUT2D eigenvalue weighted by atomic mass is 10.00. The van der Waals surface area contributed by atoms with Gasteiger partial charge in [-0.3, -0.25) is 4.79 Å². The van der Waals surface area contributed by atoms with Gasteiger partial charge in [0.05, 0.1) is 17.7 Å². The molecule has 0 aliphatic carbocycles. The normalized spacial score (nSPS) is 13.0. The van der Waals surface area contributed by atoms with Crippen LogP contribution in [0.2, 0.25) is 0 Å². The number of ether oxygens (including phenoxy) is 1. The zero-order valence-corrected chi connectivity index (χ0v) is 26.5. The van der Waals surface area contributed by atoms with E-state index >= 15 is 0 Å². The van der Waals surface area contributed by atoms with Crippen molar-refractivity contribution >= 4 is 41.4 Å². The SMILES string of the molecule is O=C(O)CCCCCCCCCCOc1ccc(-c2cc3cc(c2)CSCc2cc(C(=O)O)c(cc2C(=O)O)CSC3)cc1. The summed E-state index contributed by atoms with van der Waals surface area (Å²) in [6.45, 7) is 0.681. The molecule has 2 aliphatic heterocycles. The summed E-state index contributed by atoms with van der Waals surface area (Å²) >= 11 is 3.16. The van der Waals surface area contributed by atoms with E-state index in [0.717, 1.165) is 66.5 Å². The van der Waals surface area contributed by atoms with E-state index in [-0.39, 0.29) is 17.5 Å². The minimum atomic E-state index is -1.03. The molecule has 3 aromatic rings. The van der Waals surface area contributed by atoms with Gasteiger partial charge in [-0.15, -0.1) is 0 Å². The van der Waals surface area contributed by atoms with Crippen LogP contribution in [0.3, 0.4) is 0 Å². The zero-order valence-electron chi connectivity index (χ0n) is 24.9. The number of hydrogen-bond donors (Lipinski definition) is 3. The third-order valence-corrected chi connectivity index (χ3v) is 9.74. The van der Waals surface area contributed by atoms with Gasteiger partial charge in [-0.1, -0.05) is 68.9 Å². The topological polar surface area (TPSA) is 121 Å². The standard InChI is InChI=1S/C35H40O7S2/c36-33(37)9-7-5-3-1-2-4-6-8-14-42-30-12-10-26(11-13-30)27-16-24-15-25(17-27)21-44-23-29-19-31(34(38)39)28(22-43-20-24)18-32(29)35(40)41/h10-13,15-19H,1-9,14,20-23H2,(H,36,37)(H,38,39)(H,40,41). The van der Waals surface area contributed by atoms with Crippen LogP contribution in [0.5, 0.6) is 5.75 Å². The molecule has 44 heavy (non-hydrogen) atoms. The van der Waals surface area contributed by atoms with E-state index < -0.39 is 17.9 Å². The summed E-state index contributed by atoms with van der Waals surface area (Å²) in [5, 5.41) is 28.2. The van der Waals surface area contributed by atoms with E-state index in [4.69, 9.17) is 9.84 Å². The number of hydrogen-bond acceptors (Lipinski definition) is 6. The highest BCUT2D eigenvalue weighted by Gasteiger charge is 2.19. The lowest BCUT2D eigenvalue weighted by Crippen LogP contribution is -2.09. The minimum Gasteiger partial charge on any atom is -0.494 e. The monoisotopic (exact) mass is 636 g/mol. The predicted octanol–water partition coefficient (Wildman–Crippen LogP) is 8.90. The maximum absolute atomic E-state index is 11.9. The van der Waals surface area contributed by atoms with Crippen molar-refractivity contribution in [2.75, 3.05) is 6.61 Å². The summed E-state index contributed by atoms with van der Waals surface area (Å²) in [5.41, 5.74) is 5.91. The second-order valence-electron chi connectivity index (χ2n) is 11.1. The first-order valence-corrected chi connectivity index (χ1v) is 17.5. The van der Waals surface area contributed by atoms with Gasteiger partial charge in [0, 0.05) is 29.4 Å². The van der Waals surface area contributed by atoms with Crippen LogP contribution in [0.25, 0.3) is 11.1 Å². The Kier molecular flexibility index (Phi) is 13.1. The van der Waals surface area contributed by atoms with Gasteiger partial charge in [0.25, 0.3) is 0 Å². The lowest BCUT2D eigenvalue weighted by Gasteiger charge is -2.12. The molecule has 7 nitrogen and oxygen atoms in total. The van der Waals surface area contributed by atoms with E-state index in [2.05, 4.69) is 30.3 Å². The van der Waals surface area contributed by atoms with E-state index in [0.29, 0.717) is 40.7 Å². The van der Waals surface area contributed by atoms with Crippen LogP contribution in [-0.2, 0) is 27.8 Å². The molecule has 0 aromatic heterocycles. The van der Waals surface area contributed by atoms with Crippen LogP contribution in [0.4, 0.5) is 0 Å². The minimum absolute atomic E-state index is 0.175. The van der Waals surface area contributed by atoms with Crippen molar-refractivity contribution in [2.45, 2.75) is 80.8 Å². The van der Waals surface area contributed by atoms with Crippen LogP contribution in [-0.4, -0.2) is 39.8 Å². The van der Waals surface area contributed by atoms with Gasteiger partial charge in [0.15, 0.2) is 0 Å². The average molecular weight is 637 g/mol. The Balaban J connectivity index is 1.31. The molecule has 3 aromatic carbocycles. The Morgan fingerprint density at radius 3 is 1.59 bits per heavy atom. The predicted molar refractivity (Wildman–Crippen MR) is 177 cm³/mol. The van der Waals surface area contributed by atoms with Crippen LogP contribution >= 0.6 is 23.5 Å². The molecule has 0 unspecified atom stereocenters. The Morgan fingerprint density at radius 2 is 1.09 bits per heavy atom. The molecule has 2 heterocycles. The largest absolute Gasteiger partial charge is 0.494 e. The Hall–Kier alpha value is -3.43. The van der Waals surface area contributed by atoms with Gasteiger partial charge in [-0.2, -0.15) is 23.5 Å². The molecule has 9 heteroatoms. The number of carbonyl (C=O) groups is 3. The molecule has 4 bridgehead atoms. The molecule has 2 aliphatic rings. The maximum Gasteiger partial charge on any atom is 0.336 e. The van der Waals surface area contributed by atoms with E-state index in [9.17, 15) is 24.6 Å². The number of benzene rings is 3. The number of carboxylic acids is 3. The van der Waals surface area contributed by atoms with Crippen molar-refractivity contribution in [1.29, 1.82) is 0 Å². The smallest absolute Gasteiger partial charge is 0.336 e.